The summed E-state index contributed by atoms with van der Waals surface area (Å²) < 4.78 is 13.4. The number of thiophene rings is 1. The molecule has 3 aromatic heterocycles. The Morgan fingerprint density at radius 2 is 1.92 bits per heavy atom. The van der Waals surface area contributed by atoms with Crippen molar-refractivity contribution in [2.45, 2.75) is 45.9 Å². The number of carbonyl (C=O) groups excluding carboxylic acids is 1. The van der Waals surface area contributed by atoms with Gasteiger partial charge in [-0.25, -0.2) is 19.1 Å². The third-order valence-corrected chi connectivity index (χ3v) is 7.23. The molecule has 4 aromatic rings. The molecule has 0 saturated carbocycles. The topological polar surface area (TPSA) is 134 Å². The number of ether oxygens (including phenoxy) is 1. The molecule has 4 rings (SSSR count). The average Bonchev–Trinajstić information content (AvgIpc) is 3.47. The number of rotatable bonds is 9. The Morgan fingerprint density at radius 3 is 2.50 bits per heavy atom. The predicted molar refractivity (Wildman–Crippen MR) is 133 cm³/mol. The number of carbonyl (C=O) groups is 2. The summed E-state index contributed by atoms with van der Waals surface area (Å²) in [7, 11) is 0. The van der Waals surface area contributed by atoms with Gasteiger partial charge in [0.05, 0.1) is 23.0 Å². The Morgan fingerprint density at radius 1 is 1.22 bits per heavy atom. The molecule has 10 nitrogen and oxygen atoms in total. The van der Waals surface area contributed by atoms with E-state index in [-0.39, 0.29) is 30.2 Å². The highest BCUT2D eigenvalue weighted by molar-refractivity contribution is 7.22. The van der Waals surface area contributed by atoms with Crippen LogP contribution in [-0.2, 0) is 26.4 Å². The Balaban J connectivity index is 2.02. The van der Waals surface area contributed by atoms with Crippen LogP contribution in [0.3, 0.4) is 0 Å². The van der Waals surface area contributed by atoms with E-state index in [1.54, 1.807) is 6.92 Å². The lowest BCUT2D eigenvalue weighted by Crippen LogP contribution is -2.52. The number of hydrogen-bond donors (Lipinski definition) is 1. The highest BCUT2D eigenvalue weighted by atomic mass is 32.1. The number of carboxylic acids is 1. The van der Waals surface area contributed by atoms with Gasteiger partial charge in [-0.05, 0) is 38.8 Å². The number of oxazole rings is 1. The average molecular weight is 512 g/mol. The standard InChI is InChI=1S/C25H25N3O7S/c1-14(29)13-35-17(16-8-6-5-7-9-16)12-27-22-18(15(2)19(36-22)20-26-10-11-34-20)21(30)28(24(27)33)25(3,4)23(31)32/h5-11,17H,12-13H2,1-4H3,(H,31,32)/t17-/m0/s1. The molecule has 1 N–H and O–H groups in total. The summed E-state index contributed by atoms with van der Waals surface area (Å²) in [5.41, 5.74) is -2.11. The largest absolute Gasteiger partial charge is 0.480 e. The second kappa shape index (κ2) is 9.67. The van der Waals surface area contributed by atoms with Crippen LogP contribution >= 0.6 is 11.3 Å². The molecule has 11 heteroatoms. The van der Waals surface area contributed by atoms with Gasteiger partial charge in [-0.3, -0.25) is 14.2 Å². The first-order chi connectivity index (χ1) is 17.0. The van der Waals surface area contributed by atoms with Gasteiger partial charge < -0.3 is 14.3 Å². The van der Waals surface area contributed by atoms with Crippen molar-refractivity contribution in [3.63, 3.8) is 0 Å². The zero-order valence-electron chi connectivity index (χ0n) is 20.2. The number of aliphatic carboxylic acids is 1. The minimum atomic E-state index is -1.83. The number of aryl methyl sites for hydroxylation is 1. The fourth-order valence-corrected chi connectivity index (χ4v) is 5.18. The normalized spacial score (nSPS) is 12.7. The Labute approximate surface area is 209 Å². The van der Waals surface area contributed by atoms with Crippen molar-refractivity contribution in [3.8, 4) is 10.8 Å². The molecule has 0 amide bonds. The van der Waals surface area contributed by atoms with E-state index in [4.69, 9.17) is 9.15 Å². The molecule has 0 fully saturated rings. The number of ketones is 1. The fourth-order valence-electron chi connectivity index (χ4n) is 3.94. The maximum absolute atomic E-state index is 13.8. The maximum Gasteiger partial charge on any atom is 0.333 e. The summed E-state index contributed by atoms with van der Waals surface area (Å²) in [4.78, 5) is 56.2. The summed E-state index contributed by atoms with van der Waals surface area (Å²) in [6, 6.07) is 9.06. The first-order valence-corrected chi connectivity index (χ1v) is 11.9. The van der Waals surface area contributed by atoms with Crippen LogP contribution in [0.1, 0.15) is 38.0 Å². The number of aromatic nitrogens is 3. The van der Waals surface area contributed by atoms with Crippen LogP contribution in [-0.4, -0.2) is 37.6 Å². The zero-order valence-corrected chi connectivity index (χ0v) is 21.0. The van der Waals surface area contributed by atoms with Crippen LogP contribution in [0.25, 0.3) is 21.0 Å². The highest BCUT2D eigenvalue weighted by Gasteiger charge is 2.36. The number of carboxylic acid groups (broad SMARTS) is 1. The van der Waals surface area contributed by atoms with Gasteiger partial charge >= 0.3 is 11.7 Å². The van der Waals surface area contributed by atoms with Crippen molar-refractivity contribution in [2.75, 3.05) is 6.61 Å². The van der Waals surface area contributed by atoms with Crippen LogP contribution in [0.5, 0.6) is 0 Å². The van der Waals surface area contributed by atoms with E-state index >= 15 is 0 Å². The zero-order chi connectivity index (χ0) is 26.2. The molecule has 1 aromatic carbocycles. The number of Topliss-reactive ketones (excluding diaryl/α,β-unsaturated/α-hetero) is 1. The third kappa shape index (κ3) is 4.42. The molecule has 36 heavy (non-hydrogen) atoms. The summed E-state index contributed by atoms with van der Waals surface area (Å²) in [6.45, 7) is 5.45. The Bertz CT molecular complexity index is 1550. The summed E-state index contributed by atoms with van der Waals surface area (Å²) in [5, 5.41) is 10.0. The van der Waals surface area contributed by atoms with Gasteiger partial charge in [-0.2, -0.15) is 0 Å². The Hall–Kier alpha value is -3.83. The first kappa shape index (κ1) is 25.3. The quantitative estimate of drug-likeness (QED) is 0.362. The first-order valence-electron chi connectivity index (χ1n) is 11.1. The maximum atomic E-state index is 13.8. The minimum Gasteiger partial charge on any atom is -0.480 e. The van der Waals surface area contributed by atoms with Gasteiger partial charge in [-0.1, -0.05) is 30.3 Å². The number of nitrogens with zero attached hydrogens (tertiary/aromatic N) is 3. The predicted octanol–water partition coefficient (Wildman–Crippen LogP) is 3.35. The third-order valence-electron chi connectivity index (χ3n) is 5.93. The monoisotopic (exact) mass is 511 g/mol. The smallest absolute Gasteiger partial charge is 0.333 e. The molecule has 3 heterocycles. The van der Waals surface area contributed by atoms with Crippen molar-refractivity contribution in [3.05, 3.63) is 74.8 Å². The van der Waals surface area contributed by atoms with Gasteiger partial charge in [0.2, 0.25) is 5.89 Å². The van der Waals surface area contributed by atoms with Crippen molar-refractivity contribution < 1.29 is 23.8 Å². The van der Waals surface area contributed by atoms with Gasteiger partial charge in [0.15, 0.2) is 5.78 Å². The number of hydrogen-bond acceptors (Lipinski definition) is 8. The van der Waals surface area contributed by atoms with Crippen LogP contribution in [0, 0.1) is 6.92 Å². The molecular weight excluding hydrogens is 486 g/mol. The summed E-state index contributed by atoms with van der Waals surface area (Å²) >= 11 is 1.15. The van der Waals surface area contributed by atoms with E-state index in [0.29, 0.717) is 15.3 Å². The van der Waals surface area contributed by atoms with Gasteiger partial charge in [0.25, 0.3) is 5.56 Å². The molecule has 188 valence electrons. The molecule has 0 saturated heterocycles. The molecule has 0 unspecified atom stereocenters. The number of benzene rings is 1. The van der Waals surface area contributed by atoms with Crippen molar-refractivity contribution in [2.24, 2.45) is 0 Å². The lowest BCUT2D eigenvalue weighted by atomic mass is 10.1. The van der Waals surface area contributed by atoms with Crippen molar-refractivity contribution in [1.82, 2.24) is 14.1 Å². The lowest BCUT2D eigenvalue weighted by Gasteiger charge is -2.25. The van der Waals surface area contributed by atoms with Crippen molar-refractivity contribution in [1.29, 1.82) is 0 Å². The van der Waals surface area contributed by atoms with E-state index in [1.165, 1.54) is 37.8 Å². The van der Waals surface area contributed by atoms with Crippen molar-refractivity contribution >= 4 is 33.3 Å². The molecule has 0 bridgehead atoms. The second-order valence-corrected chi connectivity index (χ2v) is 9.88. The van der Waals surface area contributed by atoms with Crippen LogP contribution < -0.4 is 11.2 Å². The van der Waals surface area contributed by atoms with Crippen LogP contribution in [0.4, 0.5) is 0 Å². The molecular formula is C25H25N3O7S. The van der Waals surface area contributed by atoms with Crippen LogP contribution in [0.2, 0.25) is 0 Å². The van der Waals surface area contributed by atoms with Gasteiger partial charge in [-0.15, -0.1) is 11.3 Å². The Kier molecular flexibility index (Phi) is 6.79. The van der Waals surface area contributed by atoms with E-state index in [1.807, 2.05) is 30.3 Å². The second-order valence-electron chi connectivity index (χ2n) is 8.88. The van der Waals surface area contributed by atoms with E-state index in [0.717, 1.165) is 21.5 Å². The fraction of sp³-hybridized carbons (Fsp3) is 0.320. The SMILES string of the molecule is CC(=O)CO[C@@H](Cn1c(=O)n(C(C)(C)C(=O)O)c(=O)c2c(C)c(-c3ncco3)sc21)c1ccccc1. The highest BCUT2D eigenvalue weighted by Crippen LogP contribution is 2.36. The molecule has 0 radical (unpaired) electrons. The van der Waals surface area contributed by atoms with E-state index in [9.17, 15) is 24.3 Å². The minimum absolute atomic E-state index is 0.0619. The van der Waals surface area contributed by atoms with E-state index < -0.39 is 28.9 Å². The van der Waals surface area contributed by atoms with Crippen LogP contribution in [0.15, 0.2) is 56.8 Å². The summed E-state index contributed by atoms with van der Waals surface area (Å²) in [6.07, 6.45) is 2.15. The van der Waals surface area contributed by atoms with E-state index in [2.05, 4.69) is 4.98 Å². The molecule has 0 aliphatic carbocycles. The lowest BCUT2D eigenvalue weighted by molar-refractivity contribution is -0.146. The number of fused-ring (bicyclic) bond motifs is 1. The van der Waals surface area contributed by atoms with Gasteiger partial charge in [0.1, 0.15) is 29.3 Å². The molecule has 0 spiro atoms. The molecule has 1 atom stereocenters. The van der Waals surface area contributed by atoms with Gasteiger partial charge in [0, 0.05) is 0 Å². The molecule has 0 aliphatic heterocycles. The summed E-state index contributed by atoms with van der Waals surface area (Å²) in [5.74, 6) is -1.24. The molecule has 0 aliphatic rings.